The normalized spacial score (nSPS) is 18.9. The van der Waals surface area contributed by atoms with Crippen LogP contribution in [0.1, 0.15) is 40.0 Å². The van der Waals surface area contributed by atoms with E-state index in [4.69, 9.17) is 4.74 Å². The molecule has 0 radical (unpaired) electrons. The molecule has 2 nitrogen and oxygen atoms in total. The second kappa shape index (κ2) is 6.41. The minimum atomic E-state index is 0.397. The van der Waals surface area contributed by atoms with Crippen LogP contribution in [0.5, 0.6) is 0 Å². The molecule has 1 aliphatic rings. The lowest BCUT2D eigenvalue weighted by atomic mass is 10.1. The summed E-state index contributed by atoms with van der Waals surface area (Å²) in [5.74, 6) is 1.61. The van der Waals surface area contributed by atoms with Crippen LogP contribution in [0, 0.1) is 11.8 Å². The minimum Gasteiger partial charge on any atom is -0.377 e. The lowest BCUT2D eigenvalue weighted by Gasteiger charge is -2.21. The Hall–Kier alpha value is -0.0800. The third kappa shape index (κ3) is 4.97. The fraction of sp³-hybridized carbons (Fsp3) is 1.00. The highest BCUT2D eigenvalue weighted by Crippen LogP contribution is 2.32. The molecule has 0 aliphatic heterocycles. The van der Waals surface area contributed by atoms with Crippen molar-refractivity contribution in [3.05, 3.63) is 0 Å². The van der Waals surface area contributed by atoms with Crippen LogP contribution in [0.2, 0.25) is 0 Å². The number of ether oxygens (including phenoxy) is 1. The van der Waals surface area contributed by atoms with E-state index in [9.17, 15) is 0 Å². The van der Waals surface area contributed by atoms with Gasteiger partial charge in [0.05, 0.1) is 6.10 Å². The Labute approximate surface area is 88.4 Å². The van der Waals surface area contributed by atoms with Gasteiger partial charge in [0.25, 0.3) is 0 Å². The van der Waals surface area contributed by atoms with Gasteiger partial charge in [-0.3, -0.25) is 0 Å². The Morgan fingerprint density at radius 2 is 2.07 bits per heavy atom. The highest BCUT2D eigenvalue weighted by molar-refractivity contribution is 4.73. The van der Waals surface area contributed by atoms with Crippen molar-refractivity contribution in [3.8, 4) is 0 Å². The second-order valence-electron chi connectivity index (χ2n) is 4.69. The molecular weight excluding hydrogens is 174 g/mol. The summed E-state index contributed by atoms with van der Waals surface area (Å²) in [6.07, 6.45) is 4.54. The van der Waals surface area contributed by atoms with Crippen LogP contribution in [0.25, 0.3) is 0 Å². The summed E-state index contributed by atoms with van der Waals surface area (Å²) in [5.41, 5.74) is 0. The molecule has 84 valence electrons. The summed E-state index contributed by atoms with van der Waals surface area (Å²) in [6, 6.07) is 0. The van der Waals surface area contributed by atoms with Crippen LogP contribution >= 0.6 is 0 Å². The molecule has 2 heteroatoms. The van der Waals surface area contributed by atoms with Gasteiger partial charge >= 0.3 is 0 Å². The zero-order chi connectivity index (χ0) is 10.4. The molecule has 1 unspecified atom stereocenters. The minimum absolute atomic E-state index is 0.397. The lowest BCUT2D eigenvalue weighted by Crippen LogP contribution is -2.33. The van der Waals surface area contributed by atoms with E-state index in [2.05, 4.69) is 26.1 Å². The topological polar surface area (TPSA) is 21.3 Å². The molecule has 0 aromatic rings. The second-order valence-corrected chi connectivity index (χ2v) is 4.69. The largest absolute Gasteiger partial charge is 0.377 e. The molecule has 0 saturated heterocycles. The molecule has 0 amide bonds. The molecule has 1 atom stereocenters. The van der Waals surface area contributed by atoms with Gasteiger partial charge in [-0.15, -0.1) is 0 Å². The van der Waals surface area contributed by atoms with Gasteiger partial charge in [-0.05, 0) is 24.8 Å². The molecule has 1 fully saturated rings. The zero-order valence-electron chi connectivity index (χ0n) is 9.88. The summed E-state index contributed by atoms with van der Waals surface area (Å²) in [6.45, 7) is 9.60. The first-order chi connectivity index (χ1) is 6.74. The SMILES string of the molecule is CCNCC(OCCC1CC1)C(C)C. The number of hydrogen-bond donors (Lipinski definition) is 1. The molecule has 1 saturated carbocycles. The van der Waals surface area contributed by atoms with Crippen LogP contribution in [-0.4, -0.2) is 25.8 Å². The van der Waals surface area contributed by atoms with E-state index in [1.807, 2.05) is 0 Å². The van der Waals surface area contributed by atoms with E-state index in [1.165, 1.54) is 19.3 Å². The Bertz CT molecular complexity index is 143. The Morgan fingerprint density at radius 1 is 1.36 bits per heavy atom. The first kappa shape index (κ1) is 12.0. The maximum Gasteiger partial charge on any atom is 0.0722 e. The van der Waals surface area contributed by atoms with Crippen LogP contribution in [0.3, 0.4) is 0 Å². The van der Waals surface area contributed by atoms with E-state index in [-0.39, 0.29) is 0 Å². The van der Waals surface area contributed by atoms with E-state index in [0.29, 0.717) is 12.0 Å². The predicted molar refractivity (Wildman–Crippen MR) is 60.5 cm³/mol. The van der Waals surface area contributed by atoms with Crippen molar-refractivity contribution in [2.75, 3.05) is 19.7 Å². The van der Waals surface area contributed by atoms with Crippen molar-refractivity contribution in [2.24, 2.45) is 11.8 Å². The molecular formula is C12H25NO. The average molecular weight is 199 g/mol. The van der Waals surface area contributed by atoms with Crippen molar-refractivity contribution >= 4 is 0 Å². The molecule has 0 aromatic carbocycles. The number of likely N-dealkylation sites (N-methyl/N-ethyl adjacent to an activating group) is 1. The average Bonchev–Trinajstić information content (AvgIpc) is 2.94. The predicted octanol–water partition coefficient (Wildman–Crippen LogP) is 2.44. The van der Waals surface area contributed by atoms with E-state index in [1.54, 1.807) is 0 Å². The van der Waals surface area contributed by atoms with Gasteiger partial charge in [0.1, 0.15) is 0 Å². The number of nitrogens with one attached hydrogen (secondary N) is 1. The third-order valence-corrected chi connectivity index (χ3v) is 2.89. The highest BCUT2D eigenvalue weighted by Gasteiger charge is 2.21. The monoisotopic (exact) mass is 199 g/mol. The van der Waals surface area contributed by atoms with Gasteiger partial charge in [0, 0.05) is 13.2 Å². The van der Waals surface area contributed by atoms with Gasteiger partial charge in [0.15, 0.2) is 0 Å². The van der Waals surface area contributed by atoms with Crippen LogP contribution < -0.4 is 5.32 Å². The summed E-state index contributed by atoms with van der Waals surface area (Å²) in [7, 11) is 0. The van der Waals surface area contributed by atoms with Gasteiger partial charge in [-0.25, -0.2) is 0 Å². The maximum absolute atomic E-state index is 5.89. The summed E-state index contributed by atoms with van der Waals surface area (Å²) < 4.78 is 5.89. The number of hydrogen-bond acceptors (Lipinski definition) is 2. The molecule has 1 rings (SSSR count). The van der Waals surface area contributed by atoms with Gasteiger partial charge in [-0.1, -0.05) is 33.6 Å². The highest BCUT2D eigenvalue weighted by atomic mass is 16.5. The van der Waals surface area contributed by atoms with Gasteiger partial charge in [0.2, 0.25) is 0 Å². The van der Waals surface area contributed by atoms with Gasteiger partial charge in [-0.2, -0.15) is 0 Å². The standard InChI is InChI=1S/C12H25NO/c1-4-13-9-12(10(2)3)14-8-7-11-5-6-11/h10-13H,4-9H2,1-3H3. The van der Waals surface area contributed by atoms with Crippen molar-refractivity contribution < 1.29 is 4.74 Å². The quantitative estimate of drug-likeness (QED) is 0.648. The lowest BCUT2D eigenvalue weighted by molar-refractivity contribution is 0.0201. The first-order valence-corrected chi connectivity index (χ1v) is 6.06. The molecule has 0 heterocycles. The van der Waals surface area contributed by atoms with E-state index >= 15 is 0 Å². The first-order valence-electron chi connectivity index (χ1n) is 6.06. The molecule has 0 bridgehead atoms. The Morgan fingerprint density at radius 3 is 2.57 bits per heavy atom. The third-order valence-electron chi connectivity index (χ3n) is 2.89. The smallest absolute Gasteiger partial charge is 0.0722 e. The van der Waals surface area contributed by atoms with Crippen LogP contribution in [-0.2, 0) is 4.74 Å². The maximum atomic E-state index is 5.89. The molecule has 0 spiro atoms. The zero-order valence-corrected chi connectivity index (χ0v) is 9.88. The Kier molecular flexibility index (Phi) is 5.49. The van der Waals surface area contributed by atoms with E-state index < -0.39 is 0 Å². The van der Waals surface area contributed by atoms with Crippen LogP contribution in [0.15, 0.2) is 0 Å². The number of rotatable bonds is 8. The Balaban J connectivity index is 2.06. The summed E-state index contributed by atoms with van der Waals surface area (Å²) >= 11 is 0. The molecule has 1 aliphatic carbocycles. The summed E-state index contributed by atoms with van der Waals surface area (Å²) in [4.78, 5) is 0. The molecule has 0 aromatic heterocycles. The van der Waals surface area contributed by atoms with Crippen molar-refractivity contribution in [1.82, 2.24) is 5.32 Å². The van der Waals surface area contributed by atoms with Crippen molar-refractivity contribution in [3.63, 3.8) is 0 Å². The summed E-state index contributed by atoms with van der Waals surface area (Å²) in [5, 5.41) is 3.36. The van der Waals surface area contributed by atoms with E-state index in [0.717, 1.165) is 25.6 Å². The van der Waals surface area contributed by atoms with Crippen molar-refractivity contribution in [1.29, 1.82) is 0 Å². The van der Waals surface area contributed by atoms with Crippen molar-refractivity contribution in [2.45, 2.75) is 46.1 Å². The van der Waals surface area contributed by atoms with Crippen LogP contribution in [0.4, 0.5) is 0 Å². The molecule has 1 N–H and O–H groups in total. The van der Waals surface area contributed by atoms with Gasteiger partial charge < -0.3 is 10.1 Å². The molecule has 14 heavy (non-hydrogen) atoms. The fourth-order valence-corrected chi connectivity index (χ4v) is 1.57. The fourth-order valence-electron chi connectivity index (χ4n) is 1.57.